The molecule has 2 N–H and O–H groups in total. The van der Waals surface area contributed by atoms with Gasteiger partial charge in [0.05, 0.1) is 19.7 Å². The van der Waals surface area contributed by atoms with Crippen LogP contribution in [-0.2, 0) is 32.3 Å². The molecule has 17 heteroatoms. The van der Waals surface area contributed by atoms with Gasteiger partial charge in [-0.2, -0.15) is 0 Å². The molecule has 36 heavy (non-hydrogen) atoms. The number of carbonyl (C=O) groups is 2. The van der Waals surface area contributed by atoms with Crippen molar-refractivity contribution in [1.29, 1.82) is 0 Å². The highest BCUT2D eigenvalue weighted by Gasteiger charge is 2.44. The highest BCUT2D eigenvalue weighted by atomic mass is 16.6. The number of ether oxygens (including phenoxy) is 2. The summed E-state index contributed by atoms with van der Waals surface area (Å²) in [4.78, 5) is 66.1. The standard InChI is InChI=1S/C19H15N5O12/c1-2-19(20,17(25)35-9-11-13(21(27)28)5-3-6-14(11)22(29)30)18(26)36-10-12-15(23(31)32)7-4-8-16(12)24(33)34/h2-8H,1,9-10,20H2. The Morgan fingerprint density at radius 2 is 1.03 bits per heavy atom. The molecule has 0 aliphatic carbocycles. The summed E-state index contributed by atoms with van der Waals surface area (Å²) >= 11 is 0. The van der Waals surface area contributed by atoms with Gasteiger partial charge in [-0.15, -0.1) is 6.58 Å². The van der Waals surface area contributed by atoms with E-state index in [2.05, 4.69) is 6.58 Å². The third kappa shape index (κ3) is 5.42. The molecule has 0 spiro atoms. The zero-order valence-electron chi connectivity index (χ0n) is 17.9. The molecule has 2 aromatic rings. The van der Waals surface area contributed by atoms with Crippen molar-refractivity contribution in [3.63, 3.8) is 0 Å². The fourth-order valence-electron chi connectivity index (χ4n) is 2.87. The Morgan fingerprint density at radius 3 is 1.25 bits per heavy atom. The maximum Gasteiger partial charge on any atom is 0.342 e. The Labute approximate surface area is 199 Å². The van der Waals surface area contributed by atoms with E-state index in [1.54, 1.807) is 0 Å². The van der Waals surface area contributed by atoms with Gasteiger partial charge in [0.2, 0.25) is 5.54 Å². The SMILES string of the molecule is C=CC(N)(C(=O)OCc1c([N+](=O)[O-])cccc1[N+](=O)[O-])C(=O)OCc1c([N+](=O)[O-])cccc1[N+](=O)[O-]. The van der Waals surface area contributed by atoms with Crippen LogP contribution in [0.3, 0.4) is 0 Å². The van der Waals surface area contributed by atoms with Crippen LogP contribution in [-0.4, -0.2) is 37.2 Å². The van der Waals surface area contributed by atoms with Crippen LogP contribution in [0.2, 0.25) is 0 Å². The lowest BCUT2D eigenvalue weighted by Crippen LogP contribution is -2.54. The van der Waals surface area contributed by atoms with Crippen molar-refractivity contribution in [2.24, 2.45) is 5.73 Å². The van der Waals surface area contributed by atoms with Crippen molar-refractivity contribution >= 4 is 34.7 Å². The molecule has 0 aliphatic rings. The van der Waals surface area contributed by atoms with Gasteiger partial charge in [-0.1, -0.05) is 0 Å². The quantitative estimate of drug-likeness (QED) is 0.151. The largest absolute Gasteiger partial charge is 0.458 e. The number of hydrogen-bond acceptors (Lipinski definition) is 13. The van der Waals surface area contributed by atoms with Crippen molar-refractivity contribution in [2.75, 3.05) is 0 Å². The van der Waals surface area contributed by atoms with Crippen molar-refractivity contribution in [2.45, 2.75) is 18.8 Å². The van der Waals surface area contributed by atoms with Gasteiger partial charge >= 0.3 is 11.9 Å². The minimum absolute atomic E-state index is 0.569. The second-order valence-electron chi connectivity index (χ2n) is 6.80. The maximum absolute atomic E-state index is 12.6. The van der Waals surface area contributed by atoms with Gasteiger partial charge in [0, 0.05) is 24.3 Å². The highest BCUT2D eigenvalue weighted by Crippen LogP contribution is 2.31. The van der Waals surface area contributed by atoms with Gasteiger partial charge in [-0.25, -0.2) is 9.59 Å². The number of nitrogens with two attached hydrogens (primary N) is 1. The van der Waals surface area contributed by atoms with E-state index in [1.807, 2.05) is 0 Å². The summed E-state index contributed by atoms with van der Waals surface area (Å²) in [6.45, 7) is 1.13. The number of nitro benzene ring substituents is 4. The van der Waals surface area contributed by atoms with Crippen LogP contribution in [0.1, 0.15) is 11.1 Å². The molecular weight excluding hydrogens is 490 g/mol. The minimum Gasteiger partial charge on any atom is -0.458 e. The lowest BCUT2D eigenvalue weighted by molar-refractivity contribution is -0.396. The van der Waals surface area contributed by atoms with Crippen molar-refractivity contribution in [3.05, 3.63) is 101 Å². The molecule has 0 saturated carbocycles. The third-order valence-electron chi connectivity index (χ3n) is 4.73. The molecule has 0 aliphatic heterocycles. The molecule has 0 heterocycles. The molecule has 0 radical (unpaired) electrons. The number of benzene rings is 2. The van der Waals surface area contributed by atoms with E-state index in [1.165, 1.54) is 0 Å². The Balaban J connectivity index is 2.29. The average Bonchev–Trinajstić information content (AvgIpc) is 2.84. The average molecular weight is 505 g/mol. The fraction of sp³-hybridized carbons (Fsp3) is 0.158. The minimum atomic E-state index is -2.78. The van der Waals surface area contributed by atoms with Gasteiger partial charge in [0.1, 0.15) is 24.3 Å². The molecule has 0 bridgehead atoms. The van der Waals surface area contributed by atoms with E-state index >= 15 is 0 Å². The van der Waals surface area contributed by atoms with E-state index < -0.39 is 84.3 Å². The molecule has 0 unspecified atom stereocenters. The van der Waals surface area contributed by atoms with Crippen LogP contribution >= 0.6 is 0 Å². The van der Waals surface area contributed by atoms with Crippen LogP contribution in [0.15, 0.2) is 49.1 Å². The predicted octanol–water partition coefficient (Wildman–Crippen LogP) is 1.99. The topological polar surface area (TPSA) is 251 Å². The van der Waals surface area contributed by atoms with Crippen LogP contribution in [0, 0.1) is 40.5 Å². The van der Waals surface area contributed by atoms with Crippen LogP contribution in [0.4, 0.5) is 22.7 Å². The summed E-state index contributed by atoms with van der Waals surface area (Å²) in [6.07, 6.45) is 0.569. The van der Waals surface area contributed by atoms with Gasteiger partial charge in [0.25, 0.3) is 22.7 Å². The first-order chi connectivity index (χ1) is 16.8. The first-order valence-electron chi connectivity index (χ1n) is 9.43. The van der Waals surface area contributed by atoms with Crippen molar-refractivity contribution in [1.82, 2.24) is 0 Å². The van der Waals surface area contributed by atoms with Crippen LogP contribution < -0.4 is 5.73 Å². The summed E-state index contributed by atoms with van der Waals surface area (Å²) in [6, 6.07) is 5.77. The monoisotopic (exact) mass is 505 g/mol. The fourth-order valence-corrected chi connectivity index (χ4v) is 2.87. The van der Waals surface area contributed by atoms with Gasteiger partial charge in [-0.05, 0) is 18.2 Å². The van der Waals surface area contributed by atoms with E-state index in [9.17, 15) is 50.0 Å². The summed E-state index contributed by atoms with van der Waals surface area (Å²) < 4.78 is 9.60. The van der Waals surface area contributed by atoms with Gasteiger partial charge in [0.15, 0.2) is 0 Å². The van der Waals surface area contributed by atoms with E-state index in [0.29, 0.717) is 6.08 Å². The summed E-state index contributed by atoms with van der Waals surface area (Å²) in [5.74, 6) is -3.18. The molecule has 0 atom stereocenters. The number of esters is 2. The van der Waals surface area contributed by atoms with Gasteiger partial charge < -0.3 is 15.2 Å². The van der Waals surface area contributed by atoms with Crippen LogP contribution in [0.25, 0.3) is 0 Å². The molecule has 0 fully saturated rings. The molecule has 0 amide bonds. The maximum atomic E-state index is 12.6. The molecular formula is C19H15N5O12. The van der Waals surface area contributed by atoms with Crippen molar-refractivity contribution in [3.8, 4) is 0 Å². The molecule has 188 valence electrons. The van der Waals surface area contributed by atoms with E-state index in [0.717, 1.165) is 36.4 Å². The summed E-state index contributed by atoms with van der Waals surface area (Å²) in [7, 11) is 0. The lowest BCUT2D eigenvalue weighted by atomic mass is 10.0. The third-order valence-corrected chi connectivity index (χ3v) is 4.73. The summed E-state index contributed by atoms with van der Waals surface area (Å²) in [5.41, 5.74) is -1.26. The second-order valence-corrected chi connectivity index (χ2v) is 6.80. The number of rotatable bonds is 11. The number of carbonyl (C=O) groups excluding carboxylic acids is 2. The summed E-state index contributed by atoms with van der Waals surface area (Å²) in [5, 5.41) is 44.8. The Morgan fingerprint density at radius 1 is 0.750 bits per heavy atom. The molecule has 2 rings (SSSR count). The normalized spacial score (nSPS) is 10.7. The smallest absolute Gasteiger partial charge is 0.342 e. The first kappa shape index (κ1) is 26.9. The predicted molar refractivity (Wildman–Crippen MR) is 116 cm³/mol. The molecule has 0 saturated heterocycles. The zero-order valence-corrected chi connectivity index (χ0v) is 17.9. The Kier molecular flexibility index (Phi) is 8.03. The van der Waals surface area contributed by atoms with E-state index in [-0.39, 0.29) is 0 Å². The number of hydrogen-bond donors (Lipinski definition) is 1. The number of nitrogens with zero attached hydrogens (tertiary/aromatic N) is 4. The number of nitro groups is 4. The highest BCUT2D eigenvalue weighted by molar-refractivity contribution is 6.07. The van der Waals surface area contributed by atoms with Gasteiger partial charge in [-0.3, -0.25) is 40.5 Å². The first-order valence-corrected chi connectivity index (χ1v) is 9.43. The van der Waals surface area contributed by atoms with Crippen molar-refractivity contribution < 1.29 is 38.8 Å². The second kappa shape index (κ2) is 10.7. The van der Waals surface area contributed by atoms with E-state index in [4.69, 9.17) is 15.2 Å². The molecule has 2 aromatic carbocycles. The molecule has 0 aromatic heterocycles. The zero-order chi connectivity index (χ0) is 27.2. The lowest BCUT2D eigenvalue weighted by Gasteiger charge is -2.21. The van der Waals surface area contributed by atoms with Crippen LogP contribution in [0.5, 0.6) is 0 Å². The Hall–Kier alpha value is -5.32. The molecule has 17 nitrogen and oxygen atoms in total. The Bertz CT molecular complexity index is 1140.